The van der Waals surface area contributed by atoms with Gasteiger partial charge in [0.1, 0.15) is 5.82 Å². The molecule has 0 aliphatic carbocycles. The molecule has 0 saturated carbocycles. The number of hydrogen-bond donors (Lipinski definition) is 1. The zero-order valence-electron chi connectivity index (χ0n) is 10.4. The van der Waals surface area contributed by atoms with Crippen molar-refractivity contribution in [1.82, 2.24) is 10.3 Å². The fourth-order valence-electron chi connectivity index (χ4n) is 1.36. The molecule has 0 bridgehead atoms. The van der Waals surface area contributed by atoms with Gasteiger partial charge in [-0.05, 0) is 18.5 Å². The van der Waals surface area contributed by atoms with E-state index in [0.717, 1.165) is 12.7 Å². The monoisotopic (exact) mass is 262 g/mol. The van der Waals surface area contributed by atoms with Crippen LogP contribution in [0.5, 0.6) is 5.88 Å². The lowest BCUT2D eigenvalue weighted by molar-refractivity contribution is 0.0789. The van der Waals surface area contributed by atoms with E-state index in [1.807, 2.05) is 13.8 Å². The maximum Gasteiger partial charge on any atom is 0.272 e. The summed E-state index contributed by atoms with van der Waals surface area (Å²) in [5.74, 6) is -0.0225. The highest BCUT2D eigenvalue weighted by atomic mass is 19.3. The Kier molecular flexibility index (Phi) is 5.91. The maximum atomic E-state index is 13.0. The third-order valence-corrected chi connectivity index (χ3v) is 2.11. The molecule has 1 N–H and O–H groups in total. The average Bonchev–Trinajstić information content (AvgIpc) is 2.27. The van der Waals surface area contributed by atoms with Crippen LogP contribution < -0.4 is 10.1 Å². The van der Waals surface area contributed by atoms with Gasteiger partial charge in [-0.1, -0.05) is 13.8 Å². The lowest BCUT2D eigenvalue weighted by Gasteiger charge is -2.12. The first kappa shape index (κ1) is 14.8. The second-order valence-corrected chi connectivity index (χ2v) is 4.34. The van der Waals surface area contributed by atoms with E-state index >= 15 is 0 Å². The smallest absolute Gasteiger partial charge is 0.272 e. The summed E-state index contributed by atoms with van der Waals surface area (Å²) in [5.41, 5.74) is 0.441. The molecule has 0 aromatic carbocycles. The molecule has 0 fully saturated rings. The van der Waals surface area contributed by atoms with Gasteiger partial charge in [0.25, 0.3) is 6.43 Å². The molecule has 0 saturated heterocycles. The van der Waals surface area contributed by atoms with Crippen LogP contribution in [0.2, 0.25) is 0 Å². The van der Waals surface area contributed by atoms with Crippen molar-refractivity contribution in [2.24, 2.45) is 5.92 Å². The van der Waals surface area contributed by atoms with Crippen molar-refractivity contribution in [3.8, 4) is 5.88 Å². The van der Waals surface area contributed by atoms with E-state index in [2.05, 4.69) is 10.3 Å². The highest BCUT2D eigenvalue weighted by Gasteiger charge is 2.10. The maximum absolute atomic E-state index is 13.0. The summed E-state index contributed by atoms with van der Waals surface area (Å²) in [6.07, 6.45) is -1.62. The summed E-state index contributed by atoms with van der Waals surface area (Å²) in [4.78, 5) is 3.68. The van der Waals surface area contributed by atoms with Gasteiger partial charge in [0.2, 0.25) is 5.88 Å². The van der Waals surface area contributed by atoms with Crippen LogP contribution in [-0.2, 0) is 6.54 Å². The van der Waals surface area contributed by atoms with Gasteiger partial charge in [-0.2, -0.15) is 0 Å². The molecule has 0 amide bonds. The normalized spacial score (nSPS) is 11.3. The summed E-state index contributed by atoms with van der Waals surface area (Å²) in [6, 6.07) is 1.24. The second-order valence-electron chi connectivity index (χ2n) is 4.34. The number of aromatic nitrogens is 1. The van der Waals surface area contributed by atoms with Crippen molar-refractivity contribution in [3.63, 3.8) is 0 Å². The van der Waals surface area contributed by atoms with Crippen LogP contribution in [0.4, 0.5) is 13.2 Å². The lowest BCUT2D eigenvalue weighted by atomic mass is 10.2. The minimum absolute atomic E-state index is 0.0490. The van der Waals surface area contributed by atoms with E-state index in [0.29, 0.717) is 18.0 Å². The van der Waals surface area contributed by atoms with Crippen LogP contribution >= 0.6 is 0 Å². The molecule has 0 spiro atoms. The Morgan fingerprint density at radius 1 is 1.39 bits per heavy atom. The van der Waals surface area contributed by atoms with Crippen LogP contribution in [0, 0.1) is 11.7 Å². The minimum Gasteiger partial charge on any atom is -0.471 e. The number of nitrogens with one attached hydrogen (secondary N) is 1. The molecule has 18 heavy (non-hydrogen) atoms. The second kappa shape index (κ2) is 7.20. The molecular formula is C12H17F3N2O. The van der Waals surface area contributed by atoms with Crippen molar-refractivity contribution < 1.29 is 17.9 Å². The molecule has 6 heteroatoms. The van der Waals surface area contributed by atoms with Crippen molar-refractivity contribution >= 4 is 0 Å². The Morgan fingerprint density at radius 2 is 2.11 bits per heavy atom. The minimum atomic E-state index is -2.58. The SMILES string of the molecule is CC(C)CNCc1cc(F)cnc1OCC(F)F. The molecule has 0 radical (unpaired) electrons. The molecule has 0 aliphatic heterocycles. The summed E-state index contributed by atoms with van der Waals surface area (Å²) in [5, 5.41) is 3.08. The van der Waals surface area contributed by atoms with E-state index in [-0.39, 0.29) is 5.88 Å². The first-order chi connectivity index (χ1) is 8.49. The van der Waals surface area contributed by atoms with Crippen LogP contribution in [0.3, 0.4) is 0 Å². The molecule has 0 unspecified atom stereocenters. The van der Waals surface area contributed by atoms with Crippen LogP contribution in [0.25, 0.3) is 0 Å². The quantitative estimate of drug-likeness (QED) is 0.820. The van der Waals surface area contributed by atoms with Crippen LogP contribution in [0.15, 0.2) is 12.3 Å². The van der Waals surface area contributed by atoms with Crippen LogP contribution in [0.1, 0.15) is 19.4 Å². The lowest BCUT2D eigenvalue weighted by Crippen LogP contribution is -2.20. The summed E-state index contributed by atoms with van der Waals surface area (Å²) < 4.78 is 42.0. The van der Waals surface area contributed by atoms with E-state index in [4.69, 9.17) is 4.74 Å². The zero-order chi connectivity index (χ0) is 13.5. The number of alkyl halides is 2. The van der Waals surface area contributed by atoms with Gasteiger partial charge in [0.05, 0.1) is 6.20 Å². The highest BCUT2D eigenvalue weighted by molar-refractivity contribution is 5.26. The molecule has 1 heterocycles. The van der Waals surface area contributed by atoms with Gasteiger partial charge >= 0.3 is 0 Å². The van der Waals surface area contributed by atoms with Gasteiger partial charge in [-0.3, -0.25) is 0 Å². The van der Waals surface area contributed by atoms with Gasteiger partial charge in [0, 0.05) is 12.1 Å². The van der Waals surface area contributed by atoms with E-state index in [1.54, 1.807) is 0 Å². The predicted octanol–water partition coefficient (Wildman–Crippen LogP) is 2.61. The largest absolute Gasteiger partial charge is 0.471 e. The van der Waals surface area contributed by atoms with E-state index < -0.39 is 18.8 Å². The third-order valence-electron chi connectivity index (χ3n) is 2.11. The van der Waals surface area contributed by atoms with E-state index in [1.165, 1.54) is 6.07 Å². The molecular weight excluding hydrogens is 245 g/mol. The Hall–Kier alpha value is -1.30. The van der Waals surface area contributed by atoms with E-state index in [9.17, 15) is 13.2 Å². The number of halogens is 3. The topological polar surface area (TPSA) is 34.2 Å². The molecule has 3 nitrogen and oxygen atoms in total. The number of nitrogens with zero attached hydrogens (tertiary/aromatic N) is 1. The Bertz CT molecular complexity index is 372. The summed E-state index contributed by atoms with van der Waals surface area (Å²) in [7, 11) is 0. The fraction of sp³-hybridized carbons (Fsp3) is 0.583. The number of hydrogen-bond acceptors (Lipinski definition) is 3. The fourth-order valence-corrected chi connectivity index (χ4v) is 1.36. The number of ether oxygens (including phenoxy) is 1. The molecule has 1 rings (SSSR count). The molecule has 1 aromatic heterocycles. The van der Waals surface area contributed by atoms with Crippen LogP contribution in [-0.4, -0.2) is 24.6 Å². The highest BCUT2D eigenvalue weighted by Crippen LogP contribution is 2.16. The molecule has 0 aliphatic rings. The van der Waals surface area contributed by atoms with Crippen molar-refractivity contribution in [1.29, 1.82) is 0 Å². The standard InChI is InChI=1S/C12H17F3N2O/c1-8(2)4-16-5-9-3-10(13)6-17-12(9)18-7-11(14)15/h3,6,8,11,16H,4-5,7H2,1-2H3. The average molecular weight is 262 g/mol. The van der Waals surface area contributed by atoms with Gasteiger partial charge < -0.3 is 10.1 Å². The van der Waals surface area contributed by atoms with Gasteiger partial charge in [-0.25, -0.2) is 18.2 Å². The summed E-state index contributed by atoms with van der Waals surface area (Å²) >= 11 is 0. The van der Waals surface area contributed by atoms with Crippen molar-refractivity contribution in [2.45, 2.75) is 26.8 Å². The molecule has 102 valence electrons. The van der Waals surface area contributed by atoms with Gasteiger partial charge in [0.15, 0.2) is 6.61 Å². The molecule has 1 aromatic rings. The first-order valence-corrected chi connectivity index (χ1v) is 5.75. The Labute approximate surface area is 104 Å². The zero-order valence-corrected chi connectivity index (χ0v) is 10.4. The third kappa shape index (κ3) is 5.35. The summed E-state index contributed by atoms with van der Waals surface area (Å²) in [6.45, 7) is 4.40. The Morgan fingerprint density at radius 3 is 2.72 bits per heavy atom. The van der Waals surface area contributed by atoms with Crippen molar-refractivity contribution in [3.05, 3.63) is 23.6 Å². The number of pyridine rings is 1. The predicted molar refractivity (Wildman–Crippen MR) is 62.2 cm³/mol. The van der Waals surface area contributed by atoms with Gasteiger partial charge in [-0.15, -0.1) is 0 Å². The number of rotatable bonds is 7. The Balaban J connectivity index is 2.64. The van der Waals surface area contributed by atoms with Crippen molar-refractivity contribution in [2.75, 3.05) is 13.2 Å². The first-order valence-electron chi connectivity index (χ1n) is 5.75. The molecule has 0 atom stereocenters.